The van der Waals surface area contributed by atoms with Gasteiger partial charge in [0.25, 0.3) is 11.2 Å². The molecule has 0 bridgehead atoms. The van der Waals surface area contributed by atoms with E-state index < -0.39 is 16.6 Å². The highest BCUT2D eigenvalue weighted by Gasteiger charge is 2.13. The maximum absolute atomic E-state index is 12.2. The number of non-ortho nitro benzene ring substituents is 1. The summed E-state index contributed by atoms with van der Waals surface area (Å²) >= 11 is 0. The van der Waals surface area contributed by atoms with Gasteiger partial charge < -0.3 is 9.72 Å². The normalized spacial score (nSPS) is 10.5. The van der Waals surface area contributed by atoms with Gasteiger partial charge in [0, 0.05) is 23.0 Å². The van der Waals surface area contributed by atoms with Crippen LogP contribution in [0.1, 0.15) is 11.1 Å². The van der Waals surface area contributed by atoms with Crippen LogP contribution in [0.5, 0.6) is 0 Å². The second-order valence-corrected chi connectivity index (χ2v) is 5.62. The predicted octanol–water partition coefficient (Wildman–Crippen LogP) is 3.49. The highest BCUT2D eigenvalue weighted by molar-refractivity contribution is 5.92. The van der Waals surface area contributed by atoms with E-state index in [1.807, 2.05) is 18.2 Å². The fourth-order valence-electron chi connectivity index (χ4n) is 2.56. The Bertz CT molecular complexity index is 1040. The number of nitro benzene ring substituents is 1. The summed E-state index contributed by atoms with van der Waals surface area (Å²) in [5.41, 5.74) is 1.56. The van der Waals surface area contributed by atoms with Crippen molar-refractivity contribution in [2.45, 2.75) is 13.5 Å². The zero-order valence-corrected chi connectivity index (χ0v) is 13.8. The van der Waals surface area contributed by atoms with Crippen LogP contribution in [0.15, 0.2) is 53.3 Å². The second kappa shape index (κ2) is 7.06. The Labute approximate surface area is 147 Å². The standard InChI is InChI=1S/C18H15N3O5/c1-11-14-4-2-3-5-15(14)19-17(22)16(11)20-18(23)26-10-12-6-8-13(9-7-12)21(24)25/h2-9H,10H2,1H3,(H,19,22)(H,20,23). The first kappa shape index (κ1) is 17.2. The highest BCUT2D eigenvalue weighted by atomic mass is 16.6. The molecule has 0 atom stereocenters. The van der Waals surface area contributed by atoms with Crippen molar-refractivity contribution in [2.75, 3.05) is 5.32 Å². The number of fused-ring (bicyclic) bond motifs is 1. The number of para-hydroxylation sites is 1. The molecule has 1 amide bonds. The molecule has 0 radical (unpaired) electrons. The molecule has 132 valence electrons. The number of amides is 1. The van der Waals surface area contributed by atoms with Gasteiger partial charge >= 0.3 is 6.09 Å². The summed E-state index contributed by atoms with van der Waals surface area (Å²) in [6, 6.07) is 12.9. The number of aromatic nitrogens is 1. The largest absolute Gasteiger partial charge is 0.444 e. The molecule has 1 heterocycles. The number of nitro groups is 1. The number of aryl methyl sites for hydroxylation is 1. The van der Waals surface area contributed by atoms with Crippen LogP contribution in [0.4, 0.5) is 16.2 Å². The summed E-state index contributed by atoms with van der Waals surface area (Å²) in [6.45, 7) is 1.66. The number of hydrogen-bond acceptors (Lipinski definition) is 5. The van der Waals surface area contributed by atoms with Gasteiger partial charge in [-0.15, -0.1) is 0 Å². The van der Waals surface area contributed by atoms with Crippen LogP contribution in [0.25, 0.3) is 10.9 Å². The monoisotopic (exact) mass is 353 g/mol. The van der Waals surface area contributed by atoms with E-state index in [2.05, 4.69) is 10.3 Å². The molecule has 8 heteroatoms. The summed E-state index contributed by atoms with van der Waals surface area (Å²) in [7, 11) is 0. The van der Waals surface area contributed by atoms with Gasteiger partial charge in [-0.1, -0.05) is 18.2 Å². The van der Waals surface area contributed by atoms with Crippen molar-refractivity contribution in [3.8, 4) is 0 Å². The van der Waals surface area contributed by atoms with Crippen LogP contribution in [0, 0.1) is 17.0 Å². The molecule has 0 saturated heterocycles. The number of ether oxygens (including phenoxy) is 1. The summed E-state index contributed by atoms with van der Waals surface area (Å²) in [5.74, 6) is 0. The van der Waals surface area contributed by atoms with Crippen molar-refractivity contribution in [2.24, 2.45) is 0 Å². The number of benzene rings is 2. The predicted molar refractivity (Wildman–Crippen MR) is 96.2 cm³/mol. The minimum absolute atomic E-state index is 0.0449. The number of rotatable bonds is 4. The maximum Gasteiger partial charge on any atom is 0.412 e. The van der Waals surface area contributed by atoms with Crippen LogP contribution >= 0.6 is 0 Å². The van der Waals surface area contributed by atoms with Crippen LogP contribution in [-0.2, 0) is 11.3 Å². The van der Waals surface area contributed by atoms with Gasteiger partial charge in [0.2, 0.25) is 0 Å². The summed E-state index contributed by atoms with van der Waals surface area (Å²) < 4.78 is 5.08. The Morgan fingerprint density at radius 1 is 1.19 bits per heavy atom. The third-order valence-corrected chi connectivity index (χ3v) is 3.93. The minimum Gasteiger partial charge on any atom is -0.444 e. The Morgan fingerprint density at radius 3 is 2.58 bits per heavy atom. The summed E-state index contributed by atoms with van der Waals surface area (Å²) in [5, 5.41) is 13.9. The zero-order valence-electron chi connectivity index (χ0n) is 13.8. The lowest BCUT2D eigenvalue weighted by atomic mass is 10.1. The van der Waals surface area contributed by atoms with E-state index in [1.165, 1.54) is 24.3 Å². The molecule has 0 unspecified atom stereocenters. The molecular weight excluding hydrogens is 338 g/mol. The van der Waals surface area contributed by atoms with Gasteiger partial charge in [-0.3, -0.25) is 20.2 Å². The lowest BCUT2D eigenvalue weighted by Gasteiger charge is -2.10. The molecule has 3 rings (SSSR count). The molecule has 8 nitrogen and oxygen atoms in total. The molecule has 1 aromatic heterocycles. The van der Waals surface area contributed by atoms with Crippen LogP contribution in [0.3, 0.4) is 0 Å². The molecule has 2 aromatic carbocycles. The number of carbonyl (C=O) groups excluding carboxylic acids is 1. The lowest BCUT2D eigenvalue weighted by Crippen LogP contribution is -2.22. The number of nitrogens with zero attached hydrogens (tertiary/aromatic N) is 1. The minimum atomic E-state index is -0.785. The van der Waals surface area contributed by atoms with Gasteiger partial charge in [0.15, 0.2) is 0 Å². The third-order valence-electron chi connectivity index (χ3n) is 3.93. The number of anilines is 1. The molecule has 0 aliphatic rings. The van der Waals surface area contributed by atoms with Gasteiger partial charge in [0.05, 0.1) is 4.92 Å². The first-order valence-electron chi connectivity index (χ1n) is 7.74. The Hall–Kier alpha value is -3.68. The second-order valence-electron chi connectivity index (χ2n) is 5.62. The summed E-state index contributed by atoms with van der Waals surface area (Å²) in [4.78, 5) is 37.0. The highest BCUT2D eigenvalue weighted by Crippen LogP contribution is 2.20. The van der Waals surface area contributed by atoms with Crippen molar-refractivity contribution in [3.05, 3.63) is 80.1 Å². The first-order valence-corrected chi connectivity index (χ1v) is 7.74. The average Bonchev–Trinajstić information content (AvgIpc) is 2.64. The molecule has 2 N–H and O–H groups in total. The van der Waals surface area contributed by atoms with Crippen molar-refractivity contribution in [1.29, 1.82) is 0 Å². The Kier molecular flexibility index (Phi) is 4.66. The molecular formula is C18H15N3O5. The molecule has 26 heavy (non-hydrogen) atoms. The van der Waals surface area contributed by atoms with Gasteiger partial charge in [0.1, 0.15) is 12.3 Å². The topological polar surface area (TPSA) is 114 Å². The quantitative estimate of drug-likeness (QED) is 0.550. The lowest BCUT2D eigenvalue weighted by molar-refractivity contribution is -0.384. The van der Waals surface area contributed by atoms with E-state index >= 15 is 0 Å². The van der Waals surface area contributed by atoms with Crippen LogP contribution in [0.2, 0.25) is 0 Å². The summed E-state index contributed by atoms with van der Waals surface area (Å²) in [6.07, 6.45) is -0.785. The number of hydrogen-bond donors (Lipinski definition) is 2. The van der Waals surface area contributed by atoms with E-state index in [4.69, 9.17) is 4.74 Å². The maximum atomic E-state index is 12.2. The SMILES string of the molecule is Cc1c(NC(=O)OCc2ccc([N+](=O)[O-])cc2)c(=O)[nH]c2ccccc12. The molecule has 0 spiro atoms. The smallest absolute Gasteiger partial charge is 0.412 e. The van der Waals surface area contributed by atoms with Crippen molar-refractivity contribution in [3.63, 3.8) is 0 Å². The number of aromatic amines is 1. The zero-order chi connectivity index (χ0) is 18.7. The van der Waals surface area contributed by atoms with Gasteiger partial charge in [-0.05, 0) is 36.2 Å². The van der Waals surface area contributed by atoms with E-state index in [-0.39, 0.29) is 18.0 Å². The first-order chi connectivity index (χ1) is 12.5. The average molecular weight is 353 g/mol. The number of nitrogens with one attached hydrogen (secondary N) is 2. The van der Waals surface area contributed by atoms with E-state index in [0.717, 1.165) is 5.39 Å². The van der Waals surface area contributed by atoms with Gasteiger partial charge in [-0.25, -0.2) is 4.79 Å². The Balaban J connectivity index is 1.71. The molecule has 0 saturated carbocycles. The van der Waals surface area contributed by atoms with Crippen LogP contribution < -0.4 is 10.9 Å². The van der Waals surface area contributed by atoms with Crippen molar-refractivity contribution >= 4 is 28.4 Å². The molecule has 0 aliphatic carbocycles. The van der Waals surface area contributed by atoms with Crippen molar-refractivity contribution < 1.29 is 14.5 Å². The number of pyridine rings is 1. The molecule has 0 fully saturated rings. The van der Waals surface area contributed by atoms with Crippen molar-refractivity contribution in [1.82, 2.24) is 4.98 Å². The fraction of sp³-hybridized carbons (Fsp3) is 0.111. The number of H-pyrrole nitrogens is 1. The van der Waals surface area contributed by atoms with E-state index in [0.29, 0.717) is 16.6 Å². The molecule has 3 aromatic rings. The van der Waals surface area contributed by atoms with Gasteiger partial charge in [-0.2, -0.15) is 0 Å². The van der Waals surface area contributed by atoms with Crippen LogP contribution in [-0.4, -0.2) is 16.0 Å². The fourth-order valence-corrected chi connectivity index (χ4v) is 2.56. The Morgan fingerprint density at radius 2 is 1.88 bits per heavy atom. The van der Waals surface area contributed by atoms with E-state index in [9.17, 15) is 19.7 Å². The number of carbonyl (C=O) groups is 1. The third kappa shape index (κ3) is 3.54. The van der Waals surface area contributed by atoms with E-state index in [1.54, 1.807) is 13.0 Å². The molecule has 0 aliphatic heterocycles.